The summed E-state index contributed by atoms with van der Waals surface area (Å²) < 4.78 is 64.4. The van der Waals surface area contributed by atoms with E-state index < -0.39 is 46.4 Å². The Kier molecular flexibility index (Phi) is 4.92. The molecule has 152 valence electrons. The van der Waals surface area contributed by atoms with Crippen molar-refractivity contribution in [1.82, 2.24) is 0 Å². The first-order valence-electron chi connectivity index (χ1n) is 7.63. The van der Waals surface area contributed by atoms with Crippen LogP contribution in [-0.4, -0.2) is 36.0 Å². The number of fused-ring (bicyclic) bond motifs is 1. The average Bonchev–Trinajstić information content (AvgIpc) is 2.59. The Bertz CT molecular complexity index is 1370. The van der Waals surface area contributed by atoms with Gasteiger partial charge in [0.2, 0.25) is 0 Å². The molecule has 0 spiro atoms. The lowest BCUT2D eigenvalue weighted by Gasteiger charge is -2.12. The molecular formula is C16H12N2O9S2. The van der Waals surface area contributed by atoms with Gasteiger partial charge in [0.05, 0.1) is 15.5 Å². The fourth-order valence-electron chi connectivity index (χ4n) is 2.65. The third-order valence-corrected chi connectivity index (χ3v) is 5.66. The number of nitro benzene ring substituents is 1. The van der Waals surface area contributed by atoms with Gasteiger partial charge in [-0.15, -0.1) is 0 Å². The van der Waals surface area contributed by atoms with E-state index in [9.17, 15) is 41.2 Å². The van der Waals surface area contributed by atoms with Crippen molar-refractivity contribution in [2.75, 3.05) is 5.32 Å². The van der Waals surface area contributed by atoms with Gasteiger partial charge in [0.1, 0.15) is 10.6 Å². The second kappa shape index (κ2) is 6.97. The highest BCUT2D eigenvalue weighted by Gasteiger charge is 2.21. The van der Waals surface area contributed by atoms with Crippen molar-refractivity contribution in [1.29, 1.82) is 0 Å². The molecule has 0 aliphatic heterocycles. The molecule has 3 rings (SSSR count). The molecule has 13 heteroatoms. The topological polar surface area (TPSA) is 184 Å². The summed E-state index contributed by atoms with van der Waals surface area (Å²) in [5, 5.41) is 23.9. The van der Waals surface area contributed by atoms with Crippen LogP contribution in [0.15, 0.2) is 58.3 Å². The van der Waals surface area contributed by atoms with Crippen LogP contribution in [0.3, 0.4) is 0 Å². The Morgan fingerprint density at radius 1 is 0.897 bits per heavy atom. The molecule has 0 radical (unpaired) electrons. The lowest BCUT2D eigenvalue weighted by atomic mass is 10.1. The van der Waals surface area contributed by atoms with Crippen molar-refractivity contribution in [2.24, 2.45) is 0 Å². The van der Waals surface area contributed by atoms with E-state index >= 15 is 0 Å². The molecular weight excluding hydrogens is 428 g/mol. The lowest BCUT2D eigenvalue weighted by Crippen LogP contribution is -2.04. The number of phenols is 1. The van der Waals surface area contributed by atoms with Gasteiger partial charge in [-0.05, 0) is 35.7 Å². The third-order valence-electron chi connectivity index (χ3n) is 3.94. The molecule has 0 heterocycles. The minimum absolute atomic E-state index is 0.174. The van der Waals surface area contributed by atoms with E-state index in [0.29, 0.717) is 6.07 Å². The summed E-state index contributed by atoms with van der Waals surface area (Å²) in [6.07, 6.45) is 0. The summed E-state index contributed by atoms with van der Waals surface area (Å²) in [6, 6.07) is 8.92. The largest absolute Gasteiger partial charge is 0.507 e. The van der Waals surface area contributed by atoms with Crippen molar-refractivity contribution in [3.63, 3.8) is 0 Å². The van der Waals surface area contributed by atoms with E-state index in [-0.39, 0.29) is 22.1 Å². The number of benzene rings is 3. The number of rotatable bonds is 5. The Labute approximate surface area is 163 Å². The van der Waals surface area contributed by atoms with Crippen molar-refractivity contribution < 1.29 is 36.0 Å². The predicted molar refractivity (Wildman–Crippen MR) is 102 cm³/mol. The molecule has 0 aliphatic carbocycles. The monoisotopic (exact) mass is 440 g/mol. The van der Waals surface area contributed by atoms with Crippen molar-refractivity contribution in [3.8, 4) is 5.75 Å². The van der Waals surface area contributed by atoms with E-state index in [0.717, 1.165) is 24.3 Å². The summed E-state index contributed by atoms with van der Waals surface area (Å²) >= 11 is 0. The smallest absolute Gasteiger partial charge is 0.296 e. The van der Waals surface area contributed by atoms with Gasteiger partial charge < -0.3 is 10.4 Å². The maximum absolute atomic E-state index is 11.6. The highest BCUT2D eigenvalue weighted by molar-refractivity contribution is 7.86. The standard InChI is InChI=1S/C16H12N2O9S2/c19-15-8-12(28(22,23)24)6-9-5-10(1-3-13(9)15)17-14-4-2-11(18(20)21)7-16(14)29(25,26)27/h1-8,17,19H,(H,22,23,24)(H,25,26,27). The van der Waals surface area contributed by atoms with Gasteiger partial charge >= 0.3 is 0 Å². The van der Waals surface area contributed by atoms with E-state index in [4.69, 9.17) is 0 Å². The minimum Gasteiger partial charge on any atom is -0.507 e. The number of hydrogen-bond donors (Lipinski definition) is 4. The van der Waals surface area contributed by atoms with Gasteiger partial charge in [-0.2, -0.15) is 16.8 Å². The zero-order valence-electron chi connectivity index (χ0n) is 14.2. The molecule has 0 bridgehead atoms. The lowest BCUT2D eigenvalue weighted by molar-refractivity contribution is -0.385. The van der Waals surface area contributed by atoms with Crippen LogP contribution in [-0.2, 0) is 20.2 Å². The summed E-state index contributed by atoms with van der Waals surface area (Å²) in [4.78, 5) is 8.75. The number of anilines is 2. The molecule has 0 saturated carbocycles. The quantitative estimate of drug-likeness (QED) is 0.261. The third kappa shape index (κ3) is 4.27. The maximum Gasteiger partial charge on any atom is 0.296 e. The number of nitrogens with zero attached hydrogens (tertiary/aromatic N) is 1. The Balaban J connectivity index is 2.12. The second-order valence-electron chi connectivity index (χ2n) is 5.89. The van der Waals surface area contributed by atoms with Crippen LogP contribution in [0.1, 0.15) is 0 Å². The highest BCUT2D eigenvalue weighted by Crippen LogP contribution is 2.33. The SMILES string of the molecule is O=[N+]([O-])c1ccc(Nc2ccc3c(O)cc(S(=O)(=O)O)cc3c2)c(S(=O)(=O)O)c1. The first-order chi connectivity index (χ1) is 13.4. The summed E-state index contributed by atoms with van der Waals surface area (Å²) in [6.45, 7) is 0. The van der Waals surface area contributed by atoms with Crippen LogP contribution in [0.2, 0.25) is 0 Å². The number of hydrogen-bond acceptors (Lipinski definition) is 8. The fraction of sp³-hybridized carbons (Fsp3) is 0. The molecule has 0 fully saturated rings. The Morgan fingerprint density at radius 2 is 1.59 bits per heavy atom. The number of phenolic OH excluding ortho intramolecular Hbond substituents is 1. The van der Waals surface area contributed by atoms with Crippen molar-refractivity contribution in [2.45, 2.75) is 9.79 Å². The second-order valence-corrected chi connectivity index (χ2v) is 8.70. The Hall–Kier alpha value is -3.26. The molecule has 29 heavy (non-hydrogen) atoms. The van der Waals surface area contributed by atoms with Gasteiger partial charge in [-0.1, -0.05) is 0 Å². The molecule has 0 aromatic heterocycles. The molecule has 0 aliphatic rings. The number of nitrogens with one attached hydrogen (secondary N) is 1. The fourth-order valence-corrected chi connectivity index (χ4v) is 3.85. The first-order valence-corrected chi connectivity index (χ1v) is 10.5. The van der Waals surface area contributed by atoms with Crippen LogP contribution in [0.5, 0.6) is 5.75 Å². The molecule has 0 atom stereocenters. The summed E-state index contributed by atoms with van der Waals surface area (Å²) in [5.41, 5.74) is -0.514. The van der Waals surface area contributed by atoms with Gasteiger partial charge in [0.25, 0.3) is 25.9 Å². The molecule has 11 nitrogen and oxygen atoms in total. The predicted octanol–water partition coefficient (Wildman–Crippen LogP) is 2.69. The summed E-state index contributed by atoms with van der Waals surface area (Å²) in [5.74, 6) is -0.407. The van der Waals surface area contributed by atoms with Gasteiger partial charge in [0, 0.05) is 29.3 Å². The van der Waals surface area contributed by atoms with Crippen LogP contribution in [0.25, 0.3) is 10.8 Å². The zero-order chi connectivity index (χ0) is 21.6. The Morgan fingerprint density at radius 3 is 2.17 bits per heavy atom. The van der Waals surface area contributed by atoms with E-state index in [1.165, 1.54) is 18.2 Å². The highest BCUT2D eigenvalue weighted by atomic mass is 32.2. The molecule has 3 aromatic carbocycles. The van der Waals surface area contributed by atoms with Crippen LogP contribution in [0.4, 0.5) is 17.1 Å². The molecule has 4 N–H and O–H groups in total. The van der Waals surface area contributed by atoms with Gasteiger partial charge in [-0.3, -0.25) is 19.2 Å². The summed E-state index contributed by atoms with van der Waals surface area (Å²) in [7, 11) is -9.39. The number of nitro groups is 1. The average molecular weight is 440 g/mol. The van der Waals surface area contributed by atoms with Crippen LogP contribution < -0.4 is 5.32 Å². The van der Waals surface area contributed by atoms with E-state index in [2.05, 4.69) is 5.32 Å². The molecule has 0 saturated heterocycles. The zero-order valence-corrected chi connectivity index (χ0v) is 15.8. The molecule has 0 amide bonds. The van der Waals surface area contributed by atoms with Crippen molar-refractivity contribution in [3.05, 3.63) is 58.6 Å². The van der Waals surface area contributed by atoms with Gasteiger partial charge in [0.15, 0.2) is 0 Å². The normalized spacial score (nSPS) is 12.1. The number of aromatic hydroxyl groups is 1. The van der Waals surface area contributed by atoms with Gasteiger partial charge in [-0.25, -0.2) is 0 Å². The van der Waals surface area contributed by atoms with E-state index in [1.807, 2.05) is 0 Å². The minimum atomic E-state index is -4.80. The van der Waals surface area contributed by atoms with Crippen molar-refractivity contribution >= 4 is 48.1 Å². The van der Waals surface area contributed by atoms with Crippen LogP contribution in [0, 0.1) is 10.1 Å². The first kappa shape index (κ1) is 20.5. The van der Waals surface area contributed by atoms with Crippen LogP contribution >= 0.6 is 0 Å². The maximum atomic E-state index is 11.6. The molecule has 3 aromatic rings. The van der Waals surface area contributed by atoms with E-state index in [1.54, 1.807) is 0 Å². The number of non-ortho nitro benzene ring substituents is 1. The molecule has 0 unspecified atom stereocenters.